The number of nitrogens with one attached hydrogen (secondary N) is 1. The van der Waals surface area contributed by atoms with Gasteiger partial charge in [0.05, 0.1) is 0 Å². The predicted octanol–water partition coefficient (Wildman–Crippen LogP) is 4.13. The maximum Gasteiger partial charge on any atom is 0.131 e. The van der Waals surface area contributed by atoms with Gasteiger partial charge in [-0.15, -0.1) is 11.3 Å². The molecule has 1 N–H and O–H groups in total. The summed E-state index contributed by atoms with van der Waals surface area (Å²) in [5.41, 5.74) is 0.456. The van der Waals surface area contributed by atoms with Crippen LogP contribution in [0.1, 0.15) is 56.3 Å². The van der Waals surface area contributed by atoms with Gasteiger partial charge < -0.3 is 9.88 Å². The largest absolute Gasteiger partial charge is 0.336 e. The smallest absolute Gasteiger partial charge is 0.131 e. The van der Waals surface area contributed by atoms with E-state index < -0.39 is 0 Å². The van der Waals surface area contributed by atoms with E-state index in [1.807, 2.05) is 23.7 Å². The topological polar surface area (TPSA) is 29.9 Å². The SMILES string of the molecule is Cn1ccnc1C(NC1CCCC(C)(C)C1)c1cccs1. The van der Waals surface area contributed by atoms with Crippen molar-refractivity contribution in [1.29, 1.82) is 0 Å². The minimum absolute atomic E-state index is 0.212. The normalized spacial score (nSPS) is 23.1. The first kappa shape index (κ1) is 14.8. The van der Waals surface area contributed by atoms with Gasteiger partial charge in [0, 0.05) is 30.4 Å². The first-order chi connectivity index (χ1) is 10.1. The lowest BCUT2D eigenvalue weighted by atomic mass is 9.75. The van der Waals surface area contributed by atoms with Crippen LogP contribution in [0.4, 0.5) is 0 Å². The molecule has 0 amide bonds. The first-order valence-corrected chi connectivity index (χ1v) is 8.70. The summed E-state index contributed by atoms with van der Waals surface area (Å²) in [4.78, 5) is 5.94. The molecule has 1 aliphatic rings. The maximum atomic E-state index is 4.58. The molecule has 0 aliphatic heterocycles. The van der Waals surface area contributed by atoms with Crippen LogP contribution in [-0.4, -0.2) is 15.6 Å². The van der Waals surface area contributed by atoms with Crippen LogP contribution in [0, 0.1) is 5.41 Å². The number of imidazole rings is 1. The third-order valence-electron chi connectivity index (χ3n) is 4.55. The highest BCUT2D eigenvalue weighted by Crippen LogP contribution is 2.37. The number of nitrogens with zero attached hydrogens (tertiary/aromatic N) is 2. The van der Waals surface area contributed by atoms with Crippen LogP contribution in [0.5, 0.6) is 0 Å². The molecule has 0 spiro atoms. The molecule has 1 fully saturated rings. The summed E-state index contributed by atoms with van der Waals surface area (Å²) >= 11 is 1.81. The Labute approximate surface area is 131 Å². The van der Waals surface area contributed by atoms with E-state index in [9.17, 15) is 0 Å². The minimum atomic E-state index is 0.212. The van der Waals surface area contributed by atoms with Crippen LogP contribution < -0.4 is 5.32 Å². The van der Waals surface area contributed by atoms with Gasteiger partial charge in [-0.3, -0.25) is 0 Å². The van der Waals surface area contributed by atoms with E-state index in [2.05, 4.69) is 53.3 Å². The molecule has 1 aliphatic carbocycles. The van der Waals surface area contributed by atoms with Crippen LogP contribution in [-0.2, 0) is 7.05 Å². The van der Waals surface area contributed by atoms with Gasteiger partial charge in [-0.05, 0) is 36.1 Å². The summed E-state index contributed by atoms with van der Waals surface area (Å²) in [6, 6.07) is 5.13. The number of hydrogen-bond donors (Lipinski definition) is 1. The maximum absolute atomic E-state index is 4.58. The Morgan fingerprint density at radius 3 is 2.95 bits per heavy atom. The molecule has 2 unspecified atom stereocenters. The number of aryl methyl sites for hydroxylation is 1. The molecule has 21 heavy (non-hydrogen) atoms. The van der Waals surface area contributed by atoms with Crippen molar-refractivity contribution in [2.24, 2.45) is 12.5 Å². The third kappa shape index (κ3) is 3.38. The fourth-order valence-corrected chi connectivity index (χ4v) is 4.25. The van der Waals surface area contributed by atoms with Gasteiger partial charge in [0.15, 0.2) is 0 Å². The second kappa shape index (κ2) is 5.93. The van der Waals surface area contributed by atoms with Gasteiger partial charge in [0.25, 0.3) is 0 Å². The molecule has 1 saturated carbocycles. The van der Waals surface area contributed by atoms with Gasteiger partial charge in [-0.2, -0.15) is 0 Å². The van der Waals surface area contributed by atoms with Gasteiger partial charge in [0.1, 0.15) is 11.9 Å². The molecule has 0 aromatic carbocycles. The molecule has 114 valence electrons. The van der Waals surface area contributed by atoms with E-state index in [1.165, 1.54) is 30.6 Å². The van der Waals surface area contributed by atoms with E-state index in [0.717, 1.165) is 5.82 Å². The predicted molar refractivity (Wildman–Crippen MR) is 88.5 cm³/mol. The second-order valence-electron chi connectivity index (χ2n) is 6.97. The summed E-state index contributed by atoms with van der Waals surface area (Å²) in [7, 11) is 2.08. The zero-order valence-electron chi connectivity index (χ0n) is 13.2. The van der Waals surface area contributed by atoms with Crippen LogP contribution in [0.15, 0.2) is 29.9 Å². The summed E-state index contributed by atoms with van der Waals surface area (Å²) in [5.74, 6) is 1.11. The molecule has 2 aromatic heterocycles. The van der Waals surface area contributed by atoms with Gasteiger partial charge in [-0.1, -0.05) is 26.3 Å². The van der Waals surface area contributed by atoms with Crippen molar-refractivity contribution in [2.45, 2.75) is 51.6 Å². The average molecular weight is 303 g/mol. The van der Waals surface area contributed by atoms with E-state index >= 15 is 0 Å². The Hall–Kier alpha value is -1.13. The van der Waals surface area contributed by atoms with Crippen LogP contribution in [0.25, 0.3) is 0 Å². The van der Waals surface area contributed by atoms with Crippen molar-refractivity contribution in [3.63, 3.8) is 0 Å². The Morgan fingerprint density at radius 2 is 2.33 bits per heavy atom. The van der Waals surface area contributed by atoms with E-state index in [1.54, 1.807) is 0 Å². The molecular formula is C17H25N3S. The summed E-state index contributed by atoms with van der Waals surface area (Å²) in [6.07, 6.45) is 9.11. The lowest BCUT2D eigenvalue weighted by Gasteiger charge is -2.37. The monoisotopic (exact) mass is 303 g/mol. The van der Waals surface area contributed by atoms with E-state index in [0.29, 0.717) is 11.5 Å². The van der Waals surface area contributed by atoms with Crippen molar-refractivity contribution in [1.82, 2.24) is 14.9 Å². The summed E-state index contributed by atoms with van der Waals surface area (Å²) in [5, 5.41) is 6.03. The highest BCUT2D eigenvalue weighted by molar-refractivity contribution is 7.10. The first-order valence-electron chi connectivity index (χ1n) is 7.82. The Bertz CT molecular complexity index is 571. The molecule has 2 heterocycles. The zero-order valence-corrected chi connectivity index (χ0v) is 14.0. The average Bonchev–Trinajstić information content (AvgIpc) is 3.06. The lowest BCUT2D eigenvalue weighted by molar-refractivity contribution is 0.192. The van der Waals surface area contributed by atoms with Gasteiger partial charge >= 0.3 is 0 Å². The van der Waals surface area contributed by atoms with Gasteiger partial charge in [-0.25, -0.2) is 4.98 Å². The fraction of sp³-hybridized carbons (Fsp3) is 0.588. The molecule has 4 heteroatoms. The highest BCUT2D eigenvalue weighted by atomic mass is 32.1. The standard InChI is InChI=1S/C17H25N3S/c1-17(2)8-4-6-13(12-17)19-15(14-7-5-11-21-14)16-18-9-10-20(16)3/h5,7,9-11,13,15,19H,4,6,8,12H2,1-3H3. The molecule has 0 bridgehead atoms. The molecule has 3 rings (SSSR count). The molecule has 3 nitrogen and oxygen atoms in total. The van der Waals surface area contributed by atoms with Crippen LogP contribution in [0.3, 0.4) is 0 Å². The van der Waals surface area contributed by atoms with Gasteiger partial charge in [0.2, 0.25) is 0 Å². The number of aromatic nitrogens is 2. The van der Waals surface area contributed by atoms with E-state index in [4.69, 9.17) is 0 Å². The molecule has 2 aromatic rings. The van der Waals surface area contributed by atoms with Crippen molar-refractivity contribution in [2.75, 3.05) is 0 Å². The van der Waals surface area contributed by atoms with Crippen molar-refractivity contribution >= 4 is 11.3 Å². The van der Waals surface area contributed by atoms with Crippen LogP contribution >= 0.6 is 11.3 Å². The summed E-state index contributed by atoms with van der Waals surface area (Å²) < 4.78 is 2.13. The highest BCUT2D eigenvalue weighted by Gasteiger charge is 2.31. The second-order valence-corrected chi connectivity index (χ2v) is 7.95. The third-order valence-corrected chi connectivity index (χ3v) is 5.49. The molecule has 2 atom stereocenters. The fourth-order valence-electron chi connectivity index (χ4n) is 3.47. The number of hydrogen-bond acceptors (Lipinski definition) is 3. The zero-order chi connectivity index (χ0) is 14.9. The Morgan fingerprint density at radius 1 is 1.48 bits per heavy atom. The number of thiophene rings is 1. The quantitative estimate of drug-likeness (QED) is 0.920. The van der Waals surface area contributed by atoms with Crippen LogP contribution in [0.2, 0.25) is 0 Å². The van der Waals surface area contributed by atoms with Crippen molar-refractivity contribution in [3.8, 4) is 0 Å². The minimum Gasteiger partial charge on any atom is -0.336 e. The Kier molecular flexibility index (Phi) is 4.18. The van der Waals surface area contributed by atoms with E-state index in [-0.39, 0.29) is 6.04 Å². The molecule has 0 saturated heterocycles. The van der Waals surface area contributed by atoms with Crippen molar-refractivity contribution in [3.05, 3.63) is 40.6 Å². The molecular weight excluding hydrogens is 278 g/mol. The summed E-state index contributed by atoms with van der Waals surface area (Å²) in [6.45, 7) is 4.78. The van der Waals surface area contributed by atoms with Crippen molar-refractivity contribution < 1.29 is 0 Å². The number of rotatable bonds is 4. The molecule has 0 radical (unpaired) electrons. The Balaban J connectivity index is 1.82. The lowest BCUT2D eigenvalue weighted by Crippen LogP contribution is -2.40.